The lowest BCUT2D eigenvalue weighted by molar-refractivity contribution is -0.118. The molecule has 5 heteroatoms. The lowest BCUT2D eigenvalue weighted by atomic mass is 9.70. The molecule has 0 spiro atoms. The van der Waals surface area contributed by atoms with Crippen LogP contribution in [0.4, 0.5) is 0 Å². The van der Waals surface area contributed by atoms with Crippen molar-refractivity contribution in [3.63, 3.8) is 0 Å². The second kappa shape index (κ2) is 5.33. The first-order valence-corrected chi connectivity index (χ1v) is 6.47. The van der Waals surface area contributed by atoms with Gasteiger partial charge in [-0.2, -0.15) is 5.10 Å². The first kappa shape index (κ1) is 12.8. The lowest BCUT2D eigenvalue weighted by Crippen LogP contribution is -2.34. The molecule has 2 N–H and O–H groups in total. The van der Waals surface area contributed by atoms with Crippen LogP contribution < -0.4 is 5.32 Å². The summed E-state index contributed by atoms with van der Waals surface area (Å²) in [6, 6.07) is 0. The Balaban J connectivity index is 1.66. The van der Waals surface area contributed by atoms with E-state index in [1.165, 1.54) is 6.33 Å². The van der Waals surface area contributed by atoms with Gasteiger partial charge in [-0.15, -0.1) is 0 Å². The van der Waals surface area contributed by atoms with Crippen molar-refractivity contribution in [2.24, 2.45) is 5.41 Å². The van der Waals surface area contributed by atoms with Crippen molar-refractivity contribution in [1.29, 1.82) is 0 Å². The molecule has 0 aliphatic heterocycles. The van der Waals surface area contributed by atoms with E-state index in [1.54, 1.807) is 0 Å². The van der Waals surface area contributed by atoms with Gasteiger partial charge < -0.3 is 5.32 Å². The van der Waals surface area contributed by atoms with Crippen molar-refractivity contribution in [3.8, 4) is 0 Å². The molecule has 2 rings (SSSR count). The van der Waals surface area contributed by atoms with Crippen LogP contribution in [0.5, 0.6) is 0 Å². The summed E-state index contributed by atoms with van der Waals surface area (Å²) in [5.41, 5.74) is 1.17. The van der Waals surface area contributed by atoms with Gasteiger partial charge >= 0.3 is 0 Å². The van der Waals surface area contributed by atoms with E-state index in [0.717, 1.165) is 37.1 Å². The summed E-state index contributed by atoms with van der Waals surface area (Å²) in [6.45, 7) is 5.02. The first-order valence-electron chi connectivity index (χ1n) is 6.47. The molecule has 18 heavy (non-hydrogen) atoms. The van der Waals surface area contributed by atoms with E-state index < -0.39 is 0 Å². The summed E-state index contributed by atoms with van der Waals surface area (Å²) in [4.78, 5) is 15.8. The SMILES string of the molecule is CCC1(C)C=C(C(=O)NCCCc2ncn[nH]2)C1. The maximum Gasteiger partial charge on any atom is 0.246 e. The first-order chi connectivity index (χ1) is 8.63. The molecular weight excluding hydrogens is 228 g/mol. The Morgan fingerprint density at radius 2 is 2.39 bits per heavy atom. The molecule has 5 nitrogen and oxygen atoms in total. The fourth-order valence-corrected chi connectivity index (χ4v) is 2.12. The van der Waals surface area contributed by atoms with Crippen molar-refractivity contribution >= 4 is 5.91 Å². The van der Waals surface area contributed by atoms with Crippen molar-refractivity contribution in [3.05, 3.63) is 23.8 Å². The third kappa shape index (κ3) is 2.97. The maximum absolute atomic E-state index is 11.8. The Morgan fingerprint density at radius 3 is 3.00 bits per heavy atom. The Labute approximate surface area is 107 Å². The van der Waals surface area contributed by atoms with E-state index in [-0.39, 0.29) is 11.3 Å². The van der Waals surface area contributed by atoms with Crippen LogP contribution in [0.2, 0.25) is 0 Å². The zero-order valence-corrected chi connectivity index (χ0v) is 11.0. The van der Waals surface area contributed by atoms with Gasteiger partial charge in [0.25, 0.3) is 0 Å². The van der Waals surface area contributed by atoms with Crippen LogP contribution in [0.1, 0.15) is 38.9 Å². The van der Waals surface area contributed by atoms with E-state index >= 15 is 0 Å². The molecule has 1 aliphatic carbocycles. The number of carbonyl (C=O) groups excluding carboxylic acids is 1. The van der Waals surface area contributed by atoms with Gasteiger partial charge in [-0.1, -0.05) is 19.9 Å². The van der Waals surface area contributed by atoms with Gasteiger partial charge in [-0.05, 0) is 24.7 Å². The molecule has 1 aliphatic rings. The molecule has 1 aromatic heterocycles. The van der Waals surface area contributed by atoms with E-state index in [4.69, 9.17) is 0 Å². The number of allylic oxidation sites excluding steroid dienone is 1. The number of aromatic nitrogens is 3. The molecular formula is C13H20N4O. The predicted molar refractivity (Wildman–Crippen MR) is 68.8 cm³/mol. The second-order valence-electron chi connectivity index (χ2n) is 5.15. The van der Waals surface area contributed by atoms with Gasteiger partial charge in [0.2, 0.25) is 5.91 Å². The highest BCUT2D eigenvalue weighted by atomic mass is 16.1. The number of carbonyl (C=O) groups is 1. The molecule has 98 valence electrons. The summed E-state index contributed by atoms with van der Waals surface area (Å²) < 4.78 is 0. The lowest BCUT2D eigenvalue weighted by Gasteiger charge is -2.34. The summed E-state index contributed by atoms with van der Waals surface area (Å²) in [5.74, 6) is 0.948. The number of aryl methyl sites for hydroxylation is 1. The Kier molecular flexibility index (Phi) is 3.79. The highest BCUT2D eigenvalue weighted by molar-refractivity contribution is 5.95. The highest BCUT2D eigenvalue weighted by Gasteiger charge is 2.33. The summed E-state index contributed by atoms with van der Waals surface area (Å²) in [7, 11) is 0. The molecule has 0 saturated carbocycles. The highest BCUT2D eigenvalue weighted by Crippen LogP contribution is 2.41. The van der Waals surface area contributed by atoms with Crippen LogP contribution >= 0.6 is 0 Å². The Bertz CT molecular complexity index is 438. The smallest absolute Gasteiger partial charge is 0.246 e. The molecule has 1 unspecified atom stereocenters. The van der Waals surface area contributed by atoms with Crippen LogP contribution in [0.15, 0.2) is 18.0 Å². The molecule has 0 bridgehead atoms. The van der Waals surface area contributed by atoms with Crippen molar-refractivity contribution in [2.45, 2.75) is 39.5 Å². The van der Waals surface area contributed by atoms with Crippen molar-refractivity contribution < 1.29 is 4.79 Å². The minimum absolute atomic E-state index is 0.0819. The largest absolute Gasteiger partial charge is 0.352 e. The van der Waals surface area contributed by atoms with Gasteiger partial charge in [-0.25, -0.2) is 4.98 Å². The quantitative estimate of drug-likeness (QED) is 0.751. The Morgan fingerprint density at radius 1 is 1.61 bits per heavy atom. The minimum atomic E-state index is 0.0819. The van der Waals surface area contributed by atoms with Gasteiger partial charge in [0, 0.05) is 18.5 Å². The number of aromatic amines is 1. The van der Waals surface area contributed by atoms with E-state index in [0.29, 0.717) is 6.54 Å². The number of nitrogens with one attached hydrogen (secondary N) is 2. The van der Waals surface area contributed by atoms with Gasteiger partial charge in [0.15, 0.2) is 0 Å². The molecule has 1 heterocycles. The third-order valence-corrected chi connectivity index (χ3v) is 3.56. The van der Waals surface area contributed by atoms with Gasteiger partial charge in [-0.3, -0.25) is 9.89 Å². The van der Waals surface area contributed by atoms with Gasteiger partial charge in [0.1, 0.15) is 12.2 Å². The fraction of sp³-hybridized carbons (Fsp3) is 0.615. The topological polar surface area (TPSA) is 70.7 Å². The minimum Gasteiger partial charge on any atom is -0.352 e. The van der Waals surface area contributed by atoms with Crippen LogP contribution in [-0.2, 0) is 11.2 Å². The molecule has 0 saturated heterocycles. The summed E-state index contributed by atoms with van der Waals surface area (Å²) >= 11 is 0. The molecule has 1 amide bonds. The monoisotopic (exact) mass is 248 g/mol. The predicted octanol–water partition coefficient (Wildman–Crippen LogP) is 1.60. The van der Waals surface area contributed by atoms with Crippen LogP contribution in [-0.4, -0.2) is 27.6 Å². The number of rotatable bonds is 6. The third-order valence-electron chi connectivity index (χ3n) is 3.56. The molecule has 1 atom stereocenters. The Hall–Kier alpha value is -1.65. The standard InChI is InChI=1S/C13H20N4O/c1-3-13(2)7-10(8-13)12(18)14-6-4-5-11-15-9-16-17-11/h7,9H,3-6,8H2,1-2H3,(H,14,18)(H,15,16,17). The molecule has 1 aromatic rings. The van der Waals surface area contributed by atoms with Crippen LogP contribution in [0.3, 0.4) is 0 Å². The fourth-order valence-electron chi connectivity index (χ4n) is 2.12. The van der Waals surface area contributed by atoms with Crippen molar-refractivity contribution in [1.82, 2.24) is 20.5 Å². The molecule has 0 radical (unpaired) electrons. The normalized spacial score (nSPS) is 22.2. The number of hydrogen-bond donors (Lipinski definition) is 2. The van der Waals surface area contributed by atoms with Crippen LogP contribution in [0.25, 0.3) is 0 Å². The number of nitrogens with zero attached hydrogens (tertiary/aromatic N) is 2. The second-order valence-corrected chi connectivity index (χ2v) is 5.15. The number of hydrogen-bond acceptors (Lipinski definition) is 3. The van der Waals surface area contributed by atoms with Crippen molar-refractivity contribution in [2.75, 3.05) is 6.54 Å². The van der Waals surface area contributed by atoms with Crippen LogP contribution in [0, 0.1) is 5.41 Å². The summed E-state index contributed by atoms with van der Waals surface area (Å²) in [6.07, 6.45) is 7.27. The van der Waals surface area contributed by atoms with E-state index in [2.05, 4.69) is 40.4 Å². The maximum atomic E-state index is 11.8. The number of amides is 1. The van der Waals surface area contributed by atoms with E-state index in [1.807, 2.05) is 0 Å². The van der Waals surface area contributed by atoms with Gasteiger partial charge in [0.05, 0.1) is 0 Å². The average molecular weight is 248 g/mol. The molecule has 0 aromatic carbocycles. The summed E-state index contributed by atoms with van der Waals surface area (Å²) in [5, 5.41) is 9.52. The molecule has 0 fully saturated rings. The average Bonchev–Trinajstić information content (AvgIpc) is 2.83. The zero-order chi connectivity index (χ0) is 13.0. The zero-order valence-electron chi connectivity index (χ0n) is 11.0. The number of H-pyrrole nitrogens is 1. The van der Waals surface area contributed by atoms with E-state index in [9.17, 15) is 4.79 Å².